The van der Waals surface area contributed by atoms with Crippen LogP contribution in [0.4, 0.5) is 11.6 Å². The molecule has 0 aliphatic heterocycles. The second-order valence-corrected chi connectivity index (χ2v) is 10.8. The summed E-state index contributed by atoms with van der Waals surface area (Å²) in [5, 5.41) is 24.8. The number of hydrogen-bond acceptors (Lipinski definition) is 8. The van der Waals surface area contributed by atoms with Gasteiger partial charge in [-0.2, -0.15) is 4.98 Å². The van der Waals surface area contributed by atoms with E-state index in [9.17, 15) is 15.0 Å². The first kappa shape index (κ1) is 24.1. The summed E-state index contributed by atoms with van der Waals surface area (Å²) in [6.45, 7) is 7.71. The van der Waals surface area contributed by atoms with Crippen molar-refractivity contribution in [1.29, 1.82) is 0 Å². The van der Waals surface area contributed by atoms with Crippen molar-refractivity contribution >= 4 is 28.9 Å². The van der Waals surface area contributed by atoms with Crippen LogP contribution in [0.5, 0.6) is 5.88 Å². The van der Waals surface area contributed by atoms with Gasteiger partial charge in [-0.3, -0.25) is 4.79 Å². The van der Waals surface area contributed by atoms with Crippen LogP contribution in [0.25, 0.3) is 10.4 Å². The molecule has 8 nitrogen and oxygen atoms in total. The van der Waals surface area contributed by atoms with Crippen molar-refractivity contribution in [3.8, 4) is 16.3 Å². The number of nitrogens with one attached hydrogen (secondary N) is 1. The van der Waals surface area contributed by atoms with E-state index in [4.69, 9.17) is 4.74 Å². The number of benzene rings is 1. The Hall–Kier alpha value is -3.04. The molecule has 180 valence electrons. The lowest BCUT2D eigenvalue weighted by Gasteiger charge is -2.44. The van der Waals surface area contributed by atoms with Crippen LogP contribution in [0.3, 0.4) is 0 Å². The first-order valence-electron chi connectivity index (χ1n) is 11.2. The lowest BCUT2D eigenvalue weighted by molar-refractivity contribution is -0.154. The van der Waals surface area contributed by atoms with E-state index < -0.39 is 22.9 Å². The van der Waals surface area contributed by atoms with E-state index in [1.54, 1.807) is 19.5 Å². The predicted molar refractivity (Wildman–Crippen MR) is 132 cm³/mol. The van der Waals surface area contributed by atoms with Crippen molar-refractivity contribution in [3.05, 3.63) is 46.7 Å². The van der Waals surface area contributed by atoms with Crippen LogP contribution < -0.4 is 10.1 Å². The average Bonchev–Trinajstić information content (AvgIpc) is 3.25. The molecule has 0 bridgehead atoms. The zero-order valence-electron chi connectivity index (χ0n) is 20.0. The Balaban J connectivity index is 1.59. The van der Waals surface area contributed by atoms with Crippen molar-refractivity contribution in [2.45, 2.75) is 52.6 Å². The molecular weight excluding hydrogens is 452 g/mol. The highest BCUT2D eigenvalue weighted by Gasteiger charge is 2.49. The maximum Gasteiger partial charge on any atom is 0.307 e. The summed E-state index contributed by atoms with van der Waals surface area (Å²) in [5.74, 6) is -0.316. The third-order valence-corrected chi connectivity index (χ3v) is 7.72. The van der Waals surface area contributed by atoms with E-state index in [1.807, 2.05) is 39.8 Å². The number of carbonyl (C=O) groups is 1. The Morgan fingerprint density at radius 1 is 1.21 bits per heavy atom. The molecule has 1 aromatic carbocycles. The number of aryl methyl sites for hydroxylation is 2. The summed E-state index contributed by atoms with van der Waals surface area (Å²) in [6.07, 6.45) is 4.65. The van der Waals surface area contributed by atoms with Gasteiger partial charge in [0.1, 0.15) is 10.6 Å². The molecule has 4 rings (SSSR count). The van der Waals surface area contributed by atoms with Crippen LogP contribution in [0.1, 0.15) is 49.2 Å². The van der Waals surface area contributed by atoms with E-state index in [-0.39, 0.29) is 0 Å². The van der Waals surface area contributed by atoms with Gasteiger partial charge in [0.25, 0.3) is 0 Å². The minimum Gasteiger partial charge on any atom is -0.481 e. The van der Waals surface area contributed by atoms with E-state index in [0.29, 0.717) is 36.1 Å². The molecule has 3 N–H and O–H groups in total. The molecule has 3 aromatic rings. The van der Waals surface area contributed by atoms with Crippen LogP contribution in [-0.2, 0) is 10.4 Å². The van der Waals surface area contributed by atoms with Crippen LogP contribution in [0.15, 0.2) is 30.6 Å². The third kappa shape index (κ3) is 4.76. The first-order chi connectivity index (χ1) is 16.0. The van der Waals surface area contributed by atoms with Crippen molar-refractivity contribution in [1.82, 2.24) is 15.0 Å². The summed E-state index contributed by atoms with van der Waals surface area (Å²) < 4.78 is 5.29. The SMILES string of the molecule is COc1nc(Nc2cc(C)cc(-c3cnc([C@@]4(O)CC[C@H](C(=O)O)C(C)(C)C4)s3)c2)ncc1C. The monoisotopic (exact) mass is 482 g/mol. The number of aliphatic hydroxyl groups is 1. The number of aliphatic carboxylic acids is 1. The van der Waals surface area contributed by atoms with Gasteiger partial charge >= 0.3 is 5.97 Å². The molecular formula is C25H30N4O4S. The molecule has 2 heterocycles. The van der Waals surface area contributed by atoms with Crippen LogP contribution in [0.2, 0.25) is 0 Å². The molecule has 0 radical (unpaired) electrons. The fourth-order valence-electron chi connectivity index (χ4n) is 4.82. The molecule has 0 spiro atoms. The standard InChI is InChI=1S/C25H30N4O4S/c1-14-8-16(10-17(9-14)28-23-27-11-15(2)20(29-23)33-5)19-12-26-22(34-19)25(32)7-6-18(21(30)31)24(3,4)13-25/h8-12,18,32H,6-7,13H2,1-5H3,(H,30,31)(H,27,28,29)/t18-,25-/m1/s1. The first-order valence-corrected chi connectivity index (χ1v) is 12.0. The number of methoxy groups -OCH3 is 1. The Kier molecular flexibility index (Phi) is 6.35. The van der Waals surface area contributed by atoms with Gasteiger partial charge in [-0.1, -0.05) is 19.9 Å². The minimum atomic E-state index is -1.13. The van der Waals surface area contributed by atoms with Crippen molar-refractivity contribution in [2.75, 3.05) is 12.4 Å². The number of aromatic nitrogens is 3. The summed E-state index contributed by atoms with van der Waals surface area (Å²) in [7, 11) is 1.58. The van der Waals surface area contributed by atoms with E-state index in [2.05, 4.69) is 26.3 Å². The summed E-state index contributed by atoms with van der Waals surface area (Å²) in [6, 6.07) is 6.06. The van der Waals surface area contributed by atoms with Crippen LogP contribution in [-0.4, -0.2) is 38.2 Å². The quantitative estimate of drug-likeness (QED) is 0.446. The molecule has 0 amide bonds. The molecule has 2 atom stereocenters. The number of nitrogens with zero attached hydrogens (tertiary/aromatic N) is 3. The number of anilines is 2. The Labute approximate surface area is 203 Å². The van der Waals surface area contributed by atoms with E-state index >= 15 is 0 Å². The number of carboxylic acid groups (broad SMARTS) is 1. The highest BCUT2D eigenvalue weighted by Crippen LogP contribution is 2.50. The number of carboxylic acids is 1. The van der Waals surface area contributed by atoms with Crippen molar-refractivity contribution < 1.29 is 19.7 Å². The van der Waals surface area contributed by atoms with Gasteiger partial charge in [0.05, 0.1) is 17.9 Å². The smallest absolute Gasteiger partial charge is 0.307 e. The van der Waals surface area contributed by atoms with Gasteiger partial charge in [0.15, 0.2) is 0 Å². The fraction of sp³-hybridized carbons (Fsp3) is 0.440. The highest BCUT2D eigenvalue weighted by molar-refractivity contribution is 7.15. The Morgan fingerprint density at radius 3 is 2.65 bits per heavy atom. The second-order valence-electron chi connectivity index (χ2n) is 9.75. The average molecular weight is 483 g/mol. The normalized spacial score (nSPS) is 21.8. The lowest BCUT2D eigenvalue weighted by Crippen LogP contribution is -2.44. The topological polar surface area (TPSA) is 117 Å². The fourth-order valence-corrected chi connectivity index (χ4v) is 5.84. The van der Waals surface area contributed by atoms with Crippen molar-refractivity contribution in [2.24, 2.45) is 11.3 Å². The minimum absolute atomic E-state index is 0.358. The molecule has 1 saturated carbocycles. The zero-order chi connectivity index (χ0) is 24.7. The van der Waals surface area contributed by atoms with Gasteiger partial charge in [0, 0.05) is 23.6 Å². The molecule has 0 unspecified atom stereocenters. The molecule has 1 aliphatic carbocycles. The zero-order valence-corrected chi connectivity index (χ0v) is 20.9. The molecule has 2 aromatic heterocycles. The van der Waals surface area contributed by atoms with Gasteiger partial charge in [-0.15, -0.1) is 11.3 Å². The molecule has 0 saturated heterocycles. The Morgan fingerprint density at radius 2 is 1.97 bits per heavy atom. The Bertz CT molecular complexity index is 1230. The summed E-state index contributed by atoms with van der Waals surface area (Å²) in [5.41, 5.74) is 2.05. The number of ether oxygens (including phenoxy) is 1. The maximum atomic E-state index is 11.6. The number of hydrogen-bond donors (Lipinski definition) is 3. The number of thiazole rings is 1. The molecule has 34 heavy (non-hydrogen) atoms. The molecule has 1 fully saturated rings. The van der Waals surface area contributed by atoms with Gasteiger partial charge in [-0.25, -0.2) is 9.97 Å². The van der Waals surface area contributed by atoms with Crippen molar-refractivity contribution in [3.63, 3.8) is 0 Å². The highest BCUT2D eigenvalue weighted by atomic mass is 32.1. The summed E-state index contributed by atoms with van der Waals surface area (Å²) >= 11 is 1.45. The number of rotatable bonds is 6. The van der Waals surface area contributed by atoms with E-state index in [1.165, 1.54) is 11.3 Å². The lowest BCUT2D eigenvalue weighted by atomic mass is 9.63. The molecule has 9 heteroatoms. The largest absolute Gasteiger partial charge is 0.481 e. The van der Waals surface area contributed by atoms with Crippen LogP contribution >= 0.6 is 11.3 Å². The van der Waals surface area contributed by atoms with Gasteiger partial charge in [-0.05, 0) is 61.8 Å². The summed E-state index contributed by atoms with van der Waals surface area (Å²) in [4.78, 5) is 25.9. The van der Waals surface area contributed by atoms with Gasteiger partial charge < -0.3 is 20.3 Å². The molecule has 1 aliphatic rings. The van der Waals surface area contributed by atoms with Gasteiger partial charge in [0.2, 0.25) is 11.8 Å². The predicted octanol–water partition coefficient (Wildman–Crippen LogP) is 5.07. The van der Waals surface area contributed by atoms with Crippen LogP contribution in [0, 0.1) is 25.2 Å². The third-order valence-electron chi connectivity index (χ3n) is 6.48. The second kappa shape index (κ2) is 8.96. The van der Waals surface area contributed by atoms with E-state index in [0.717, 1.165) is 27.3 Å². The maximum absolute atomic E-state index is 11.6.